The topological polar surface area (TPSA) is 55.1 Å². The zero-order chi connectivity index (χ0) is 18.5. The molecule has 2 aromatic carbocycles. The van der Waals surface area contributed by atoms with Gasteiger partial charge in [-0.3, -0.25) is 4.79 Å². The molecule has 0 aliphatic carbocycles. The van der Waals surface area contributed by atoms with E-state index in [9.17, 15) is 18.0 Å². The highest BCUT2D eigenvalue weighted by Gasteiger charge is 2.13. The van der Waals surface area contributed by atoms with Crippen molar-refractivity contribution in [1.82, 2.24) is 10.3 Å². The summed E-state index contributed by atoms with van der Waals surface area (Å²) < 4.78 is 44.9. The second-order valence-electron chi connectivity index (χ2n) is 5.65. The lowest BCUT2D eigenvalue weighted by Crippen LogP contribution is -2.23. The Kier molecular flexibility index (Phi) is 5.36. The van der Waals surface area contributed by atoms with Crippen LogP contribution in [0.4, 0.5) is 13.2 Å². The van der Waals surface area contributed by atoms with Crippen molar-refractivity contribution in [3.8, 4) is 11.3 Å². The van der Waals surface area contributed by atoms with E-state index in [1.54, 1.807) is 12.1 Å². The van der Waals surface area contributed by atoms with E-state index < -0.39 is 11.6 Å². The highest BCUT2D eigenvalue weighted by atomic mass is 19.1. The summed E-state index contributed by atoms with van der Waals surface area (Å²) in [5, 5.41) is 2.71. The number of carbonyl (C=O) groups is 1. The van der Waals surface area contributed by atoms with Crippen molar-refractivity contribution in [2.75, 3.05) is 0 Å². The lowest BCUT2D eigenvalue weighted by molar-refractivity contribution is -0.121. The smallest absolute Gasteiger partial charge is 0.220 e. The lowest BCUT2D eigenvalue weighted by atomic mass is 10.2. The Morgan fingerprint density at radius 2 is 1.77 bits per heavy atom. The third-order valence-corrected chi connectivity index (χ3v) is 3.72. The van der Waals surface area contributed by atoms with Gasteiger partial charge < -0.3 is 9.73 Å². The van der Waals surface area contributed by atoms with Gasteiger partial charge in [-0.05, 0) is 29.8 Å². The number of nitrogens with one attached hydrogen (secondary N) is 1. The molecule has 1 aromatic heterocycles. The van der Waals surface area contributed by atoms with E-state index >= 15 is 0 Å². The van der Waals surface area contributed by atoms with Crippen molar-refractivity contribution in [3.63, 3.8) is 0 Å². The van der Waals surface area contributed by atoms with Crippen LogP contribution in [0.25, 0.3) is 11.3 Å². The molecule has 0 saturated heterocycles. The molecule has 0 aliphatic heterocycles. The van der Waals surface area contributed by atoms with E-state index in [2.05, 4.69) is 10.3 Å². The van der Waals surface area contributed by atoms with Crippen molar-refractivity contribution >= 4 is 5.91 Å². The molecule has 4 nitrogen and oxygen atoms in total. The third-order valence-electron chi connectivity index (χ3n) is 3.72. The Morgan fingerprint density at radius 1 is 1.04 bits per heavy atom. The first-order chi connectivity index (χ1) is 12.5. The number of aromatic nitrogens is 1. The largest absolute Gasteiger partial charge is 0.441 e. The number of benzene rings is 2. The summed E-state index contributed by atoms with van der Waals surface area (Å²) in [6.07, 6.45) is 1.70. The summed E-state index contributed by atoms with van der Waals surface area (Å²) in [5.74, 6) is -1.53. The van der Waals surface area contributed by atoms with Gasteiger partial charge in [0.2, 0.25) is 5.91 Å². The monoisotopic (exact) mass is 360 g/mol. The second kappa shape index (κ2) is 7.86. The standard InChI is InChI=1S/C19H15F3N2O2/c20-13-3-1-12(2-4-13)10-23-18(25)7-8-19-24-11-17(26-19)15-6-5-14(21)9-16(15)22/h1-6,9,11H,7-8,10H2,(H,23,25). The average Bonchev–Trinajstić information content (AvgIpc) is 3.08. The molecule has 0 spiro atoms. The maximum Gasteiger partial charge on any atom is 0.220 e. The molecule has 3 aromatic rings. The van der Waals surface area contributed by atoms with Crippen LogP contribution >= 0.6 is 0 Å². The molecule has 26 heavy (non-hydrogen) atoms. The number of rotatable bonds is 6. The fourth-order valence-corrected chi connectivity index (χ4v) is 2.35. The first-order valence-electron chi connectivity index (χ1n) is 7.92. The van der Waals surface area contributed by atoms with Gasteiger partial charge >= 0.3 is 0 Å². The fourth-order valence-electron chi connectivity index (χ4n) is 2.35. The van der Waals surface area contributed by atoms with Crippen molar-refractivity contribution in [1.29, 1.82) is 0 Å². The number of carbonyl (C=O) groups excluding carboxylic acids is 1. The van der Waals surface area contributed by atoms with E-state index in [0.717, 1.165) is 17.7 Å². The van der Waals surface area contributed by atoms with Gasteiger partial charge in [-0.1, -0.05) is 12.1 Å². The van der Waals surface area contributed by atoms with E-state index in [1.807, 2.05) is 0 Å². The van der Waals surface area contributed by atoms with Crippen LogP contribution in [-0.2, 0) is 17.8 Å². The highest BCUT2D eigenvalue weighted by molar-refractivity contribution is 5.76. The zero-order valence-corrected chi connectivity index (χ0v) is 13.6. The van der Waals surface area contributed by atoms with Crippen molar-refractivity contribution in [3.05, 3.63) is 77.6 Å². The summed E-state index contributed by atoms with van der Waals surface area (Å²) in [6.45, 7) is 0.288. The molecule has 0 saturated carbocycles. The Balaban J connectivity index is 1.52. The van der Waals surface area contributed by atoms with Crippen LogP contribution in [0.3, 0.4) is 0 Å². The first kappa shape index (κ1) is 17.7. The highest BCUT2D eigenvalue weighted by Crippen LogP contribution is 2.24. The van der Waals surface area contributed by atoms with Crippen molar-refractivity contribution in [2.24, 2.45) is 0 Å². The quantitative estimate of drug-likeness (QED) is 0.723. The molecule has 3 rings (SSSR count). The minimum Gasteiger partial charge on any atom is -0.441 e. The Hall–Kier alpha value is -3.09. The van der Waals surface area contributed by atoms with Gasteiger partial charge in [-0.15, -0.1) is 0 Å². The van der Waals surface area contributed by atoms with Crippen LogP contribution in [0.5, 0.6) is 0 Å². The molecule has 0 aliphatic rings. The minimum atomic E-state index is -0.746. The van der Waals surface area contributed by atoms with E-state index in [0.29, 0.717) is 0 Å². The van der Waals surface area contributed by atoms with Gasteiger partial charge in [0, 0.05) is 25.5 Å². The number of nitrogens with zero attached hydrogens (tertiary/aromatic N) is 1. The molecule has 0 fully saturated rings. The van der Waals surface area contributed by atoms with E-state index in [1.165, 1.54) is 24.4 Å². The maximum atomic E-state index is 13.7. The Labute approximate surface area is 147 Å². The van der Waals surface area contributed by atoms with Crippen LogP contribution in [0, 0.1) is 17.5 Å². The normalized spacial score (nSPS) is 10.7. The number of aryl methyl sites for hydroxylation is 1. The predicted octanol–water partition coefficient (Wildman–Crippen LogP) is 4.01. The number of hydrogen-bond donors (Lipinski definition) is 1. The Morgan fingerprint density at radius 3 is 2.50 bits per heavy atom. The minimum absolute atomic E-state index is 0.103. The number of halogens is 3. The molecule has 1 amide bonds. The molecule has 7 heteroatoms. The third kappa shape index (κ3) is 4.50. The van der Waals surface area contributed by atoms with Gasteiger partial charge in [0.15, 0.2) is 11.7 Å². The second-order valence-corrected chi connectivity index (χ2v) is 5.65. The summed E-state index contributed by atoms with van der Waals surface area (Å²) in [4.78, 5) is 15.9. The van der Waals surface area contributed by atoms with Gasteiger partial charge in [-0.2, -0.15) is 0 Å². The fraction of sp³-hybridized carbons (Fsp3) is 0.158. The van der Waals surface area contributed by atoms with E-state index in [-0.39, 0.29) is 48.3 Å². The molecule has 0 bridgehead atoms. The molecular formula is C19H15F3N2O2. The molecule has 0 radical (unpaired) electrons. The molecular weight excluding hydrogens is 345 g/mol. The van der Waals surface area contributed by atoms with Crippen molar-refractivity contribution < 1.29 is 22.4 Å². The van der Waals surface area contributed by atoms with Gasteiger partial charge in [0.25, 0.3) is 0 Å². The van der Waals surface area contributed by atoms with Crippen LogP contribution in [-0.4, -0.2) is 10.9 Å². The summed E-state index contributed by atoms with van der Waals surface area (Å²) in [5.41, 5.74) is 0.885. The van der Waals surface area contributed by atoms with Gasteiger partial charge in [-0.25, -0.2) is 18.2 Å². The number of oxazole rings is 1. The molecule has 1 heterocycles. The summed E-state index contributed by atoms with van der Waals surface area (Å²) >= 11 is 0. The Bertz CT molecular complexity index is 907. The van der Waals surface area contributed by atoms with Crippen LogP contribution in [0.15, 0.2) is 53.1 Å². The molecule has 1 N–H and O–H groups in total. The van der Waals surface area contributed by atoms with Crippen LogP contribution < -0.4 is 5.32 Å². The predicted molar refractivity (Wildman–Crippen MR) is 88.4 cm³/mol. The molecule has 0 unspecified atom stereocenters. The van der Waals surface area contributed by atoms with Crippen LogP contribution in [0.2, 0.25) is 0 Å². The maximum absolute atomic E-state index is 13.7. The number of amides is 1. The summed E-state index contributed by atoms with van der Waals surface area (Å²) in [6, 6.07) is 8.99. The van der Waals surface area contributed by atoms with E-state index in [4.69, 9.17) is 4.42 Å². The lowest BCUT2D eigenvalue weighted by Gasteiger charge is -2.04. The average molecular weight is 360 g/mol. The number of hydrogen-bond acceptors (Lipinski definition) is 3. The first-order valence-corrected chi connectivity index (χ1v) is 7.92. The van der Waals surface area contributed by atoms with Crippen LogP contribution in [0.1, 0.15) is 17.9 Å². The zero-order valence-electron chi connectivity index (χ0n) is 13.6. The van der Waals surface area contributed by atoms with Crippen molar-refractivity contribution in [2.45, 2.75) is 19.4 Å². The molecule has 134 valence electrons. The van der Waals surface area contributed by atoms with Gasteiger partial charge in [0.1, 0.15) is 17.5 Å². The summed E-state index contributed by atoms with van der Waals surface area (Å²) in [7, 11) is 0. The van der Waals surface area contributed by atoms with Gasteiger partial charge in [0.05, 0.1) is 11.8 Å². The SMILES string of the molecule is O=C(CCc1ncc(-c2ccc(F)cc2F)o1)NCc1ccc(F)cc1. The molecule has 0 atom stereocenters.